The zero-order valence-electron chi connectivity index (χ0n) is 17.6. The molecule has 2 heterocycles. The first-order valence-corrected chi connectivity index (χ1v) is 9.77. The first-order chi connectivity index (χ1) is 12.7. The summed E-state index contributed by atoms with van der Waals surface area (Å²) in [5.74, 6) is 0. The number of aromatic nitrogens is 2. The van der Waals surface area contributed by atoms with E-state index in [1.807, 2.05) is 0 Å². The first kappa shape index (κ1) is 17.9. The summed E-state index contributed by atoms with van der Waals surface area (Å²) < 4.78 is 4.59. The minimum atomic E-state index is 0.0400. The predicted molar refractivity (Wildman–Crippen MR) is 110 cm³/mol. The Labute approximate surface area is 163 Å². The van der Waals surface area contributed by atoms with E-state index in [0.717, 1.165) is 0 Å². The van der Waals surface area contributed by atoms with Crippen molar-refractivity contribution in [2.45, 2.75) is 45.4 Å². The number of benzene rings is 1. The summed E-state index contributed by atoms with van der Waals surface area (Å²) in [6, 6.07) is 17.8. The molecule has 0 fully saturated rings. The fraction of sp³-hybridized carbons (Fsp3) is 0.360. The normalized spacial score (nSPS) is 16.6. The van der Waals surface area contributed by atoms with E-state index in [1.54, 1.807) is 0 Å². The van der Waals surface area contributed by atoms with Crippen LogP contribution in [-0.4, -0.2) is 0 Å². The van der Waals surface area contributed by atoms with Gasteiger partial charge in [0.1, 0.15) is 14.1 Å². The van der Waals surface area contributed by atoms with Crippen LogP contribution in [0.15, 0.2) is 54.7 Å². The van der Waals surface area contributed by atoms with Crippen molar-refractivity contribution in [3.63, 3.8) is 0 Å². The predicted octanol–water partition coefficient (Wildman–Crippen LogP) is 4.55. The molecule has 0 N–H and O–H groups in total. The highest BCUT2D eigenvalue weighted by molar-refractivity contribution is 5.76. The topological polar surface area (TPSA) is 7.76 Å². The van der Waals surface area contributed by atoms with E-state index >= 15 is 0 Å². The van der Waals surface area contributed by atoms with Crippen molar-refractivity contribution in [2.75, 3.05) is 0 Å². The molecule has 0 saturated carbocycles. The van der Waals surface area contributed by atoms with E-state index < -0.39 is 0 Å². The van der Waals surface area contributed by atoms with Crippen LogP contribution in [0.3, 0.4) is 0 Å². The quantitative estimate of drug-likeness (QED) is 0.564. The maximum Gasteiger partial charge on any atom is 0.277 e. The zero-order valence-corrected chi connectivity index (χ0v) is 17.6. The van der Waals surface area contributed by atoms with E-state index in [0.29, 0.717) is 0 Å². The van der Waals surface area contributed by atoms with Gasteiger partial charge in [0.25, 0.3) is 11.4 Å². The van der Waals surface area contributed by atoms with Crippen LogP contribution in [-0.2, 0) is 24.9 Å². The highest BCUT2D eigenvalue weighted by atomic mass is 15.0. The van der Waals surface area contributed by atoms with Crippen LogP contribution in [0.5, 0.6) is 0 Å². The molecule has 2 nitrogen and oxygen atoms in total. The molecule has 0 amide bonds. The van der Waals surface area contributed by atoms with Crippen LogP contribution in [0, 0.1) is 6.92 Å². The Morgan fingerprint density at radius 2 is 1.41 bits per heavy atom. The van der Waals surface area contributed by atoms with Gasteiger partial charge in [-0.1, -0.05) is 45.9 Å². The lowest BCUT2D eigenvalue weighted by Crippen LogP contribution is -2.49. The van der Waals surface area contributed by atoms with Gasteiger partial charge in [-0.05, 0) is 35.6 Å². The van der Waals surface area contributed by atoms with Crippen LogP contribution in [0.25, 0.3) is 22.6 Å². The molecule has 1 aliphatic rings. The van der Waals surface area contributed by atoms with Crippen molar-refractivity contribution in [1.82, 2.24) is 0 Å². The fourth-order valence-corrected chi connectivity index (χ4v) is 4.68. The molecule has 4 rings (SSSR count). The molecule has 3 aromatic rings. The van der Waals surface area contributed by atoms with Crippen LogP contribution in [0.1, 0.15) is 44.4 Å². The minimum Gasteiger partial charge on any atom is -0.196 e. The van der Waals surface area contributed by atoms with E-state index in [2.05, 4.69) is 113 Å². The van der Waals surface area contributed by atoms with Gasteiger partial charge >= 0.3 is 0 Å². The lowest BCUT2D eigenvalue weighted by Gasteiger charge is -2.47. The Balaban J connectivity index is 2.12. The standard InChI is InChI=1S/C25H30N2/c1-17-11-10-12-18-22(17)23-19(25(4,5)24(18,2)3)14-15-21(27(23)7)20-13-8-9-16-26(20)6/h8-16H,1-7H3/q+2. The summed E-state index contributed by atoms with van der Waals surface area (Å²) in [5, 5.41) is 0. The number of pyridine rings is 2. The molecule has 1 aliphatic carbocycles. The highest BCUT2D eigenvalue weighted by Crippen LogP contribution is 2.53. The molecule has 0 spiro atoms. The van der Waals surface area contributed by atoms with Gasteiger partial charge < -0.3 is 0 Å². The molecule has 0 radical (unpaired) electrons. The Kier molecular flexibility index (Phi) is 3.82. The van der Waals surface area contributed by atoms with Crippen LogP contribution >= 0.6 is 0 Å². The Bertz CT molecular complexity index is 1060. The molecule has 27 heavy (non-hydrogen) atoms. The summed E-state index contributed by atoms with van der Waals surface area (Å²) >= 11 is 0. The Morgan fingerprint density at radius 1 is 0.704 bits per heavy atom. The first-order valence-electron chi connectivity index (χ1n) is 9.77. The molecule has 0 aliphatic heterocycles. The summed E-state index contributed by atoms with van der Waals surface area (Å²) in [6.07, 6.45) is 2.11. The van der Waals surface area contributed by atoms with Crippen molar-refractivity contribution in [2.24, 2.45) is 14.1 Å². The van der Waals surface area contributed by atoms with Gasteiger partial charge in [-0.25, -0.2) is 0 Å². The van der Waals surface area contributed by atoms with Crippen molar-refractivity contribution in [1.29, 1.82) is 0 Å². The SMILES string of the molecule is Cc1cccc2c1-c1c(ccc(-c3cccc[n+]3C)[n+]1C)C(C)(C)C2(C)C. The number of hydrogen-bond acceptors (Lipinski definition) is 0. The van der Waals surface area contributed by atoms with Gasteiger partial charge in [0.15, 0.2) is 6.20 Å². The summed E-state index contributed by atoms with van der Waals surface area (Å²) in [5.41, 5.74) is 9.55. The van der Waals surface area contributed by atoms with Gasteiger partial charge in [-0.2, -0.15) is 9.13 Å². The van der Waals surface area contributed by atoms with Crippen LogP contribution < -0.4 is 9.13 Å². The third-order valence-electron chi connectivity index (χ3n) is 7.10. The number of aryl methyl sites for hydroxylation is 2. The van der Waals surface area contributed by atoms with Gasteiger partial charge in [0.2, 0.25) is 5.69 Å². The lowest BCUT2D eigenvalue weighted by atomic mass is 9.56. The maximum atomic E-state index is 2.40. The fourth-order valence-electron chi connectivity index (χ4n) is 4.68. The molecule has 0 unspecified atom stereocenters. The zero-order chi connectivity index (χ0) is 19.6. The second-order valence-electron chi connectivity index (χ2n) is 8.98. The monoisotopic (exact) mass is 358 g/mol. The second kappa shape index (κ2) is 5.76. The summed E-state index contributed by atoms with van der Waals surface area (Å²) in [6.45, 7) is 11.8. The molecular formula is C25H30N2+2. The largest absolute Gasteiger partial charge is 0.277 e. The highest BCUT2D eigenvalue weighted by Gasteiger charge is 2.49. The number of rotatable bonds is 1. The van der Waals surface area contributed by atoms with Crippen molar-refractivity contribution >= 4 is 0 Å². The molecule has 138 valence electrons. The van der Waals surface area contributed by atoms with Crippen molar-refractivity contribution in [3.05, 3.63) is 71.4 Å². The van der Waals surface area contributed by atoms with E-state index in [4.69, 9.17) is 0 Å². The average molecular weight is 359 g/mol. The van der Waals surface area contributed by atoms with Gasteiger partial charge in [0, 0.05) is 29.2 Å². The minimum absolute atomic E-state index is 0.0400. The molecule has 1 aromatic carbocycles. The Morgan fingerprint density at radius 3 is 2.11 bits per heavy atom. The number of fused-ring (bicyclic) bond motifs is 3. The molecule has 0 bridgehead atoms. The lowest BCUT2D eigenvalue weighted by molar-refractivity contribution is -0.685. The van der Waals surface area contributed by atoms with Gasteiger partial charge in [-0.3, -0.25) is 0 Å². The maximum absolute atomic E-state index is 2.40. The average Bonchev–Trinajstić information content (AvgIpc) is 2.61. The number of hydrogen-bond donors (Lipinski definition) is 0. The molecular weight excluding hydrogens is 328 g/mol. The third kappa shape index (κ3) is 2.32. The summed E-state index contributed by atoms with van der Waals surface area (Å²) in [7, 11) is 4.33. The van der Waals surface area contributed by atoms with Crippen LogP contribution in [0.4, 0.5) is 0 Å². The number of nitrogens with zero attached hydrogens (tertiary/aromatic N) is 2. The summed E-state index contributed by atoms with van der Waals surface area (Å²) in [4.78, 5) is 0. The van der Waals surface area contributed by atoms with Crippen molar-refractivity contribution in [3.8, 4) is 22.6 Å². The second-order valence-corrected chi connectivity index (χ2v) is 8.98. The molecule has 2 heteroatoms. The molecule has 2 aromatic heterocycles. The van der Waals surface area contributed by atoms with Gasteiger partial charge in [-0.15, -0.1) is 0 Å². The van der Waals surface area contributed by atoms with Crippen molar-refractivity contribution < 1.29 is 9.13 Å². The van der Waals surface area contributed by atoms with E-state index in [9.17, 15) is 0 Å². The third-order valence-corrected chi connectivity index (χ3v) is 7.10. The Hall–Kier alpha value is -2.48. The molecule has 0 saturated heterocycles. The molecule has 0 atom stereocenters. The van der Waals surface area contributed by atoms with E-state index in [-0.39, 0.29) is 10.8 Å². The smallest absolute Gasteiger partial charge is 0.196 e. The van der Waals surface area contributed by atoms with Crippen LogP contribution in [0.2, 0.25) is 0 Å². The van der Waals surface area contributed by atoms with Gasteiger partial charge in [0.05, 0.1) is 5.56 Å². The van der Waals surface area contributed by atoms with E-state index in [1.165, 1.54) is 39.3 Å².